The second kappa shape index (κ2) is 11.7. The number of hydrogen-bond donors (Lipinski definition) is 0. The topological polar surface area (TPSA) is 18.5 Å². The highest BCUT2D eigenvalue weighted by Crippen LogP contribution is 2.58. The Morgan fingerprint density at radius 2 is 1.39 bits per heavy atom. The molecular weight excluding hydrogens is 617 g/mol. The first-order chi connectivity index (χ1) is 23.7. The van der Waals surface area contributed by atoms with E-state index in [-0.39, 0.29) is 5.82 Å². The summed E-state index contributed by atoms with van der Waals surface area (Å²) >= 11 is 0. The van der Waals surface area contributed by atoms with Crippen LogP contribution in [-0.4, -0.2) is 6.61 Å². The lowest BCUT2D eigenvalue weighted by atomic mass is 9.76. The molecule has 5 heteroatoms. The molecule has 0 saturated heterocycles. The van der Waals surface area contributed by atoms with Crippen molar-refractivity contribution in [3.05, 3.63) is 161 Å². The highest BCUT2D eigenvalue weighted by atomic mass is 19.1. The Labute approximate surface area is 284 Å². The first kappa shape index (κ1) is 31.0. The summed E-state index contributed by atoms with van der Waals surface area (Å²) in [7, 11) is 0. The van der Waals surface area contributed by atoms with Gasteiger partial charge in [-0.2, -0.15) is 0 Å². The van der Waals surface area contributed by atoms with Crippen molar-refractivity contribution in [3.63, 3.8) is 0 Å². The molecule has 8 rings (SSSR count). The normalized spacial score (nSPS) is 16.9. The Kier molecular flexibility index (Phi) is 7.40. The molecule has 6 aromatic carbocycles. The van der Waals surface area contributed by atoms with Crippen molar-refractivity contribution in [2.75, 3.05) is 6.61 Å². The third-order valence-corrected chi connectivity index (χ3v) is 10.1. The minimum Gasteiger partial charge on any atom is -0.494 e. The van der Waals surface area contributed by atoms with E-state index >= 15 is 0 Å². The molecule has 1 unspecified atom stereocenters. The van der Waals surface area contributed by atoms with Gasteiger partial charge in [0, 0.05) is 39.1 Å². The van der Waals surface area contributed by atoms with Crippen molar-refractivity contribution in [2.45, 2.75) is 44.6 Å². The number of ether oxygens (including phenoxy) is 2. The van der Waals surface area contributed by atoms with Crippen LogP contribution in [0.5, 0.6) is 11.5 Å². The van der Waals surface area contributed by atoms with Crippen molar-refractivity contribution in [2.24, 2.45) is 0 Å². The van der Waals surface area contributed by atoms with Crippen LogP contribution in [0.15, 0.2) is 115 Å². The molecule has 244 valence electrons. The molecule has 49 heavy (non-hydrogen) atoms. The van der Waals surface area contributed by atoms with Gasteiger partial charge in [0.25, 0.3) is 0 Å². The third-order valence-electron chi connectivity index (χ3n) is 10.1. The highest BCUT2D eigenvalue weighted by molar-refractivity contribution is 6.08. The van der Waals surface area contributed by atoms with Gasteiger partial charge < -0.3 is 9.47 Å². The molecule has 1 aliphatic carbocycles. The molecule has 1 aliphatic heterocycles. The van der Waals surface area contributed by atoms with Crippen LogP contribution in [0.3, 0.4) is 0 Å². The zero-order chi connectivity index (χ0) is 33.9. The molecule has 0 spiro atoms. The van der Waals surface area contributed by atoms with E-state index in [9.17, 15) is 13.2 Å². The highest BCUT2D eigenvalue weighted by Gasteiger charge is 2.44. The molecule has 1 atom stereocenters. The molecule has 2 aliphatic rings. The summed E-state index contributed by atoms with van der Waals surface area (Å²) in [5, 5.41) is 2.01. The van der Waals surface area contributed by atoms with E-state index in [0.717, 1.165) is 80.1 Å². The lowest BCUT2D eigenvalue weighted by molar-refractivity contribution is 0.163. The first-order valence-corrected chi connectivity index (χ1v) is 16.8. The fourth-order valence-electron chi connectivity index (χ4n) is 7.63. The largest absolute Gasteiger partial charge is 0.494 e. The Morgan fingerprint density at radius 1 is 0.714 bits per heavy atom. The quantitative estimate of drug-likeness (QED) is 0.160. The van der Waals surface area contributed by atoms with E-state index in [1.165, 1.54) is 24.3 Å². The van der Waals surface area contributed by atoms with Crippen LogP contribution in [0.25, 0.3) is 39.1 Å². The molecule has 0 bridgehead atoms. The first-order valence-electron chi connectivity index (χ1n) is 16.8. The van der Waals surface area contributed by atoms with Gasteiger partial charge in [-0.3, -0.25) is 0 Å². The van der Waals surface area contributed by atoms with Gasteiger partial charge in [0.1, 0.15) is 29.0 Å². The van der Waals surface area contributed by atoms with Crippen LogP contribution in [-0.2, 0) is 11.0 Å². The third kappa shape index (κ3) is 4.94. The summed E-state index contributed by atoms with van der Waals surface area (Å²) in [4.78, 5) is 0. The average molecular weight is 653 g/mol. The van der Waals surface area contributed by atoms with Gasteiger partial charge in [-0.25, -0.2) is 13.2 Å². The molecule has 0 aromatic heterocycles. The summed E-state index contributed by atoms with van der Waals surface area (Å²) < 4.78 is 56.2. The van der Waals surface area contributed by atoms with Gasteiger partial charge >= 0.3 is 0 Å². The molecule has 0 amide bonds. The molecule has 0 fully saturated rings. The van der Waals surface area contributed by atoms with Crippen molar-refractivity contribution >= 4 is 16.8 Å². The maximum absolute atomic E-state index is 14.9. The maximum atomic E-state index is 14.9. The minimum atomic E-state index is -1.04. The van der Waals surface area contributed by atoms with E-state index in [1.807, 2.05) is 48.5 Å². The fraction of sp³-hybridized carbons (Fsp3) is 0.182. The van der Waals surface area contributed by atoms with E-state index in [1.54, 1.807) is 12.1 Å². The fourth-order valence-corrected chi connectivity index (χ4v) is 7.63. The average Bonchev–Trinajstić information content (AvgIpc) is 3.35. The van der Waals surface area contributed by atoms with E-state index < -0.39 is 22.7 Å². The van der Waals surface area contributed by atoms with Crippen molar-refractivity contribution in [3.8, 4) is 33.8 Å². The van der Waals surface area contributed by atoms with Gasteiger partial charge in [0.2, 0.25) is 0 Å². The van der Waals surface area contributed by atoms with Crippen molar-refractivity contribution in [1.29, 1.82) is 0 Å². The van der Waals surface area contributed by atoms with E-state index in [0.29, 0.717) is 17.7 Å². The number of rotatable bonds is 7. The second-order valence-electron chi connectivity index (χ2n) is 13.5. The smallest absolute Gasteiger partial charge is 0.178 e. The van der Waals surface area contributed by atoms with E-state index in [2.05, 4.69) is 51.1 Å². The Balaban J connectivity index is 1.31. The van der Waals surface area contributed by atoms with Gasteiger partial charge in [0.15, 0.2) is 5.60 Å². The summed E-state index contributed by atoms with van der Waals surface area (Å²) in [6.45, 7) is 7.15. The summed E-state index contributed by atoms with van der Waals surface area (Å²) in [5.41, 5.74) is 6.58. The Bertz CT molecular complexity index is 2270. The Hall–Kier alpha value is -5.29. The van der Waals surface area contributed by atoms with Crippen LogP contribution in [0.1, 0.15) is 61.4 Å². The molecule has 0 saturated carbocycles. The molecule has 0 N–H and O–H groups in total. The molecule has 1 heterocycles. The van der Waals surface area contributed by atoms with Crippen LogP contribution in [0, 0.1) is 17.5 Å². The lowest BCUT2D eigenvalue weighted by Crippen LogP contribution is -2.35. The summed E-state index contributed by atoms with van der Waals surface area (Å²) in [6, 6.07) is 32.4. The lowest BCUT2D eigenvalue weighted by Gasteiger charge is -2.38. The zero-order valence-corrected chi connectivity index (χ0v) is 27.6. The molecule has 2 nitrogen and oxygen atoms in total. The summed E-state index contributed by atoms with van der Waals surface area (Å²) in [6.07, 6.45) is 6.25. The number of fused-ring (bicyclic) bond motifs is 8. The maximum Gasteiger partial charge on any atom is 0.178 e. The number of unbranched alkanes of at least 4 members (excludes halogenated alkanes) is 1. The predicted octanol–water partition coefficient (Wildman–Crippen LogP) is 11.8. The van der Waals surface area contributed by atoms with E-state index in [4.69, 9.17) is 9.47 Å². The number of benzene rings is 6. The molecular formula is C44H35F3O2. The van der Waals surface area contributed by atoms with Crippen molar-refractivity contribution < 1.29 is 22.6 Å². The number of hydrogen-bond acceptors (Lipinski definition) is 2. The van der Waals surface area contributed by atoms with Gasteiger partial charge in [-0.15, -0.1) is 0 Å². The van der Waals surface area contributed by atoms with Gasteiger partial charge in [0.05, 0.1) is 6.61 Å². The predicted molar refractivity (Wildman–Crippen MR) is 191 cm³/mol. The zero-order valence-electron chi connectivity index (χ0n) is 27.6. The van der Waals surface area contributed by atoms with Crippen molar-refractivity contribution in [1.82, 2.24) is 0 Å². The molecule has 6 aromatic rings. The monoisotopic (exact) mass is 652 g/mol. The SMILES string of the molecule is CCCCOc1ccc(C2(c3ccc(F)cc3)C=Cc3c4c(c5ccccc5c3O2)-c2ccc(-c3ccc(F)cc3F)cc2C4(C)C)cc1. The van der Waals surface area contributed by atoms with Crippen LogP contribution < -0.4 is 9.47 Å². The van der Waals surface area contributed by atoms with Crippen LogP contribution in [0.2, 0.25) is 0 Å². The van der Waals surface area contributed by atoms with Gasteiger partial charge in [-0.1, -0.05) is 93.9 Å². The van der Waals surface area contributed by atoms with Gasteiger partial charge in [-0.05, 0) is 88.2 Å². The van der Waals surface area contributed by atoms with Crippen LogP contribution >= 0.6 is 0 Å². The molecule has 0 radical (unpaired) electrons. The van der Waals surface area contributed by atoms with Crippen LogP contribution in [0.4, 0.5) is 13.2 Å². The minimum absolute atomic E-state index is 0.318. The summed E-state index contributed by atoms with van der Waals surface area (Å²) in [5.74, 6) is 0.0176. The standard InChI is InChI=1S/C44H35F3O2/c1-4-5-24-48-32-18-13-29(14-19-32)44(28-11-15-30(45)16-12-28)23-22-37-41-40(34-8-6-7-9-35(34)42(37)49-44)36-20-10-27(25-38(36)43(41,2)3)33-21-17-31(46)26-39(33)47/h6-23,25-26H,4-5,24H2,1-3H3. The number of halogens is 3. The second-order valence-corrected chi connectivity index (χ2v) is 13.5. The Morgan fingerprint density at radius 3 is 2.10 bits per heavy atom.